The minimum absolute atomic E-state index is 0.267. The minimum Gasteiger partial charge on any atom is -0.494 e. The van der Waals surface area contributed by atoms with Gasteiger partial charge in [0.25, 0.3) is 0 Å². The average molecular weight is 220 g/mol. The number of ether oxygens (including phenoxy) is 1. The first kappa shape index (κ1) is 12.8. The van der Waals surface area contributed by atoms with Crippen LogP contribution in [0.15, 0.2) is 24.3 Å². The summed E-state index contributed by atoms with van der Waals surface area (Å²) in [7, 11) is 0. The van der Waals surface area contributed by atoms with Crippen LogP contribution in [-0.4, -0.2) is 12.4 Å². The molecule has 0 spiro atoms. The first-order chi connectivity index (χ1) is 7.72. The van der Waals surface area contributed by atoms with Gasteiger partial charge < -0.3 is 9.53 Å². The Morgan fingerprint density at radius 2 is 1.94 bits per heavy atom. The first-order valence-corrected chi connectivity index (χ1v) is 5.93. The number of carbonyl (C=O) groups excluding carboxylic acids is 1. The molecule has 88 valence electrons. The summed E-state index contributed by atoms with van der Waals surface area (Å²) >= 11 is 0. The fourth-order valence-corrected chi connectivity index (χ4v) is 1.51. The van der Waals surface area contributed by atoms with Crippen LogP contribution in [0.25, 0.3) is 0 Å². The van der Waals surface area contributed by atoms with Crippen molar-refractivity contribution in [3.63, 3.8) is 0 Å². The summed E-state index contributed by atoms with van der Waals surface area (Å²) in [6.45, 7) is 4.50. The van der Waals surface area contributed by atoms with Crippen LogP contribution in [0.2, 0.25) is 0 Å². The predicted molar refractivity (Wildman–Crippen MR) is 65.8 cm³/mol. The van der Waals surface area contributed by atoms with Gasteiger partial charge >= 0.3 is 0 Å². The van der Waals surface area contributed by atoms with Crippen LogP contribution >= 0.6 is 0 Å². The Morgan fingerprint density at radius 3 is 2.50 bits per heavy atom. The number of hydrogen-bond acceptors (Lipinski definition) is 2. The van der Waals surface area contributed by atoms with E-state index >= 15 is 0 Å². The molecule has 0 aliphatic carbocycles. The molecule has 1 aromatic rings. The highest BCUT2D eigenvalue weighted by Crippen LogP contribution is 2.14. The predicted octanol–water partition coefficient (Wildman–Crippen LogP) is 3.39. The van der Waals surface area contributed by atoms with Gasteiger partial charge in [-0.25, -0.2) is 0 Å². The van der Waals surface area contributed by atoms with Crippen LogP contribution in [0, 0.1) is 0 Å². The van der Waals surface area contributed by atoms with E-state index in [0.29, 0.717) is 6.42 Å². The van der Waals surface area contributed by atoms with E-state index in [-0.39, 0.29) is 5.78 Å². The Morgan fingerprint density at radius 1 is 1.25 bits per heavy atom. The van der Waals surface area contributed by atoms with Crippen molar-refractivity contribution < 1.29 is 9.53 Å². The lowest BCUT2D eigenvalue weighted by molar-refractivity contribution is -0.117. The van der Waals surface area contributed by atoms with E-state index in [0.717, 1.165) is 31.6 Å². The number of carbonyl (C=O) groups is 1. The van der Waals surface area contributed by atoms with Gasteiger partial charge in [0.05, 0.1) is 6.61 Å². The quantitative estimate of drug-likeness (QED) is 0.704. The number of benzene rings is 1. The van der Waals surface area contributed by atoms with Gasteiger partial charge in [0.15, 0.2) is 0 Å². The maximum absolute atomic E-state index is 10.8. The Hall–Kier alpha value is -1.31. The zero-order valence-corrected chi connectivity index (χ0v) is 10.2. The maximum atomic E-state index is 10.8. The molecule has 0 aliphatic heterocycles. The summed E-state index contributed by atoms with van der Waals surface area (Å²) in [5.41, 5.74) is 1.27. The van der Waals surface area contributed by atoms with E-state index in [1.54, 1.807) is 6.92 Å². The van der Waals surface area contributed by atoms with Gasteiger partial charge in [-0.2, -0.15) is 0 Å². The van der Waals surface area contributed by atoms with Crippen molar-refractivity contribution in [2.45, 2.75) is 39.5 Å². The van der Waals surface area contributed by atoms with Gasteiger partial charge in [0.2, 0.25) is 0 Å². The zero-order valence-electron chi connectivity index (χ0n) is 10.2. The second-order valence-corrected chi connectivity index (χ2v) is 4.05. The molecule has 0 unspecified atom stereocenters. The van der Waals surface area contributed by atoms with Gasteiger partial charge in [-0.15, -0.1) is 0 Å². The van der Waals surface area contributed by atoms with E-state index in [9.17, 15) is 4.79 Å². The normalized spacial score (nSPS) is 10.1. The number of aryl methyl sites for hydroxylation is 1. The minimum atomic E-state index is 0.267. The SMILES string of the molecule is CCCOc1ccc(CCCC(C)=O)cc1. The van der Waals surface area contributed by atoms with Crippen LogP contribution in [0.3, 0.4) is 0 Å². The Balaban J connectivity index is 2.36. The van der Waals surface area contributed by atoms with Crippen molar-refractivity contribution in [3.8, 4) is 5.75 Å². The van der Waals surface area contributed by atoms with E-state index < -0.39 is 0 Å². The fraction of sp³-hybridized carbons (Fsp3) is 0.500. The molecule has 0 saturated carbocycles. The van der Waals surface area contributed by atoms with Crippen molar-refractivity contribution in [1.82, 2.24) is 0 Å². The molecule has 0 fully saturated rings. The van der Waals surface area contributed by atoms with Crippen LogP contribution in [0.1, 0.15) is 38.7 Å². The molecule has 1 aromatic carbocycles. The van der Waals surface area contributed by atoms with Crippen molar-refractivity contribution in [3.05, 3.63) is 29.8 Å². The molecule has 16 heavy (non-hydrogen) atoms. The van der Waals surface area contributed by atoms with Crippen LogP contribution in [-0.2, 0) is 11.2 Å². The second-order valence-electron chi connectivity index (χ2n) is 4.05. The Bertz CT molecular complexity index is 314. The molecule has 0 heterocycles. The molecule has 0 aromatic heterocycles. The molecule has 0 saturated heterocycles. The van der Waals surface area contributed by atoms with E-state index in [2.05, 4.69) is 19.1 Å². The van der Waals surface area contributed by atoms with Gasteiger partial charge in [-0.05, 0) is 43.9 Å². The maximum Gasteiger partial charge on any atom is 0.129 e. The third-order valence-corrected chi connectivity index (χ3v) is 2.39. The monoisotopic (exact) mass is 220 g/mol. The molecule has 0 atom stereocenters. The van der Waals surface area contributed by atoms with Gasteiger partial charge in [0.1, 0.15) is 11.5 Å². The fourth-order valence-electron chi connectivity index (χ4n) is 1.51. The number of Topliss-reactive ketones (excluding diaryl/α,β-unsaturated/α-hetero) is 1. The summed E-state index contributed by atoms with van der Waals surface area (Å²) in [5, 5.41) is 0. The molecule has 1 rings (SSSR count). The van der Waals surface area contributed by atoms with Crippen LogP contribution in [0.4, 0.5) is 0 Å². The molecule has 0 radical (unpaired) electrons. The standard InChI is InChI=1S/C14H20O2/c1-3-11-16-14-9-7-13(8-10-14)6-4-5-12(2)15/h7-10H,3-6,11H2,1-2H3. The van der Waals surface area contributed by atoms with E-state index in [1.165, 1.54) is 5.56 Å². The summed E-state index contributed by atoms with van der Waals surface area (Å²) in [6.07, 6.45) is 3.60. The van der Waals surface area contributed by atoms with E-state index in [4.69, 9.17) is 4.74 Å². The average Bonchev–Trinajstić information content (AvgIpc) is 2.27. The summed E-state index contributed by atoms with van der Waals surface area (Å²) < 4.78 is 5.50. The zero-order chi connectivity index (χ0) is 11.8. The largest absolute Gasteiger partial charge is 0.494 e. The van der Waals surface area contributed by atoms with Crippen molar-refractivity contribution in [2.24, 2.45) is 0 Å². The van der Waals surface area contributed by atoms with E-state index in [1.807, 2.05) is 12.1 Å². The molecule has 0 amide bonds. The molecular formula is C14H20O2. The van der Waals surface area contributed by atoms with Gasteiger partial charge in [-0.3, -0.25) is 0 Å². The lowest BCUT2D eigenvalue weighted by Crippen LogP contribution is -1.95. The number of hydrogen-bond donors (Lipinski definition) is 0. The molecule has 0 aliphatic rings. The van der Waals surface area contributed by atoms with Crippen molar-refractivity contribution in [1.29, 1.82) is 0 Å². The Labute approximate surface area is 97.6 Å². The first-order valence-electron chi connectivity index (χ1n) is 5.93. The van der Waals surface area contributed by atoms with Crippen molar-refractivity contribution in [2.75, 3.05) is 6.61 Å². The third kappa shape index (κ3) is 4.96. The van der Waals surface area contributed by atoms with Crippen LogP contribution in [0.5, 0.6) is 5.75 Å². The highest BCUT2D eigenvalue weighted by atomic mass is 16.5. The third-order valence-electron chi connectivity index (χ3n) is 2.39. The lowest BCUT2D eigenvalue weighted by Gasteiger charge is -2.05. The van der Waals surface area contributed by atoms with Gasteiger partial charge in [0, 0.05) is 6.42 Å². The topological polar surface area (TPSA) is 26.3 Å². The highest BCUT2D eigenvalue weighted by molar-refractivity contribution is 5.75. The summed E-state index contributed by atoms with van der Waals surface area (Å²) in [6, 6.07) is 8.15. The van der Waals surface area contributed by atoms with Crippen LogP contribution < -0.4 is 4.74 Å². The number of rotatable bonds is 7. The molecule has 2 nitrogen and oxygen atoms in total. The molecular weight excluding hydrogens is 200 g/mol. The second kappa shape index (κ2) is 7.04. The summed E-state index contributed by atoms with van der Waals surface area (Å²) in [4.78, 5) is 10.8. The van der Waals surface area contributed by atoms with Gasteiger partial charge in [-0.1, -0.05) is 19.1 Å². The summed E-state index contributed by atoms with van der Waals surface area (Å²) in [5.74, 6) is 1.19. The number of ketones is 1. The highest BCUT2D eigenvalue weighted by Gasteiger charge is 1.97. The Kier molecular flexibility index (Phi) is 5.62. The smallest absolute Gasteiger partial charge is 0.129 e. The van der Waals surface area contributed by atoms with Crippen molar-refractivity contribution >= 4 is 5.78 Å². The lowest BCUT2D eigenvalue weighted by atomic mass is 10.1. The molecule has 0 N–H and O–H groups in total. The molecule has 2 heteroatoms. The molecule has 0 bridgehead atoms.